The molecule has 0 bridgehead atoms. The molecule has 0 aromatic rings. The van der Waals surface area contributed by atoms with Crippen LogP contribution in [0.2, 0.25) is 0 Å². The van der Waals surface area contributed by atoms with Gasteiger partial charge in [0.15, 0.2) is 0 Å². The molecule has 0 heterocycles. The van der Waals surface area contributed by atoms with Crippen LogP contribution in [-0.2, 0) is 4.79 Å². The lowest BCUT2D eigenvalue weighted by Gasteiger charge is -1.79. The molecule has 0 aromatic carbocycles. The quantitative estimate of drug-likeness (QED) is 0.563. The molecule has 0 aliphatic rings. The Balaban J connectivity index is 3.20. The van der Waals surface area contributed by atoms with E-state index in [0.29, 0.717) is 0 Å². The maximum Gasteiger partial charge on any atom is 0.327 e. The minimum absolute atomic E-state index is 0.853. The maximum absolute atomic E-state index is 9.79. The zero-order valence-electron chi connectivity index (χ0n) is 4.92. The van der Waals surface area contributed by atoms with Crippen LogP contribution in [-0.4, -0.2) is 11.1 Å². The summed E-state index contributed by atoms with van der Waals surface area (Å²) in [5.41, 5.74) is 0. The molecule has 1 N–H and O–H groups in total. The minimum Gasteiger partial charge on any atom is -0.478 e. The van der Waals surface area contributed by atoms with Crippen LogP contribution in [0, 0.1) is 0 Å². The molecule has 0 amide bonds. The summed E-state index contributed by atoms with van der Waals surface area (Å²) in [5.74, 6) is -0.863. The van der Waals surface area contributed by atoms with Crippen LogP contribution in [0.3, 0.4) is 0 Å². The lowest BCUT2D eigenvalue weighted by molar-refractivity contribution is -0.131. The van der Waals surface area contributed by atoms with Gasteiger partial charge in [-0.2, -0.15) is 0 Å². The van der Waals surface area contributed by atoms with Gasteiger partial charge in [0.05, 0.1) is 0 Å². The highest BCUT2D eigenvalue weighted by molar-refractivity contribution is 5.79. The van der Waals surface area contributed by atoms with Crippen molar-refractivity contribution >= 4 is 5.97 Å². The predicted molar refractivity (Wildman–Crippen MR) is 31.7 cm³/mol. The first-order valence-electron chi connectivity index (χ1n) is 2.67. The molecule has 2 nitrogen and oxygen atoms in total. The van der Waals surface area contributed by atoms with E-state index >= 15 is 0 Å². The van der Waals surface area contributed by atoms with Crippen molar-refractivity contribution in [3.63, 3.8) is 0 Å². The number of aliphatic carboxylic acids is 1. The monoisotopic (exact) mass is 114 g/mol. The molecule has 0 saturated heterocycles. The average Bonchev–Trinajstić information content (AvgIpc) is 1.66. The topological polar surface area (TPSA) is 37.3 Å². The second-order valence-electron chi connectivity index (χ2n) is 1.53. The van der Waals surface area contributed by atoms with Crippen molar-refractivity contribution in [1.29, 1.82) is 0 Å². The maximum atomic E-state index is 9.79. The van der Waals surface area contributed by atoms with Crippen LogP contribution >= 0.6 is 0 Å². The number of unbranched alkanes of at least 4 members (excludes halogenated alkanes) is 1. The first-order chi connectivity index (χ1) is 3.77. The van der Waals surface area contributed by atoms with Crippen LogP contribution in [0.5, 0.6) is 0 Å². The number of hydrogen-bond donors (Lipinski definition) is 1. The lowest BCUT2D eigenvalue weighted by atomic mass is 10.3. The smallest absolute Gasteiger partial charge is 0.327 e. The highest BCUT2D eigenvalue weighted by Crippen LogP contribution is 1.86. The SMILES string of the molecule is CCC/C=C\C(=O)O. The van der Waals surface area contributed by atoms with E-state index in [2.05, 4.69) is 0 Å². The van der Waals surface area contributed by atoms with Gasteiger partial charge in [-0.05, 0) is 6.42 Å². The average molecular weight is 114 g/mol. The van der Waals surface area contributed by atoms with Gasteiger partial charge < -0.3 is 5.11 Å². The van der Waals surface area contributed by atoms with Gasteiger partial charge >= 0.3 is 5.97 Å². The summed E-state index contributed by atoms with van der Waals surface area (Å²) >= 11 is 0. The van der Waals surface area contributed by atoms with E-state index in [9.17, 15) is 4.79 Å². The Labute approximate surface area is 48.8 Å². The molecule has 0 radical (unpaired) electrons. The van der Waals surface area contributed by atoms with Gasteiger partial charge in [-0.3, -0.25) is 0 Å². The van der Waals surface area contributed by atoms with Crippen molar-refractivity contribution < 1.29 is 9.90 Å². The standard InChI is InChI=1S/C6H10O2/c1-2-3-4-5-6(7)8/h4-5H,2-3H2,1H3,(H,7,8)/b5-4-. The van der Waals surface area contributed by atoms with E-state index < -0.39 is 5.97 Å². The molecule has 0 aliphatic carbocycles. The van der Waals surface area contributed by atoms with Gasteiger partial charge in [-0.1, -0.05) is 19.4 Å². The molecule has 0 fully saturated rings. The Bertz CT molecular complexity index is 94.7. The summed E-state index contributed by atoms with van der Waals surface area (Å²) in [5, 5.41) is 8.05. The first kappa shape index (κ1) is 7.21. The second kappa shape index (κ2) is 4.37. The van der Waals surface area contributed by atoms with E-state index in [1.54, 1.807) is 6.08 Å². The van der Waals surface area contributed by atoms with Crippen molar-refractivity contribution in [2.75, 3.05) is 0 Å². The van der Waals surface area contributed by atoms with E-state index in [4.69, 9.17) is 5.11 Å². The lowest BCUT2D eigenvalue weighted by Crippen LogP contribution is -1.84. The molecule has 0 aromatic heterocycles. The fraction of sp³-hybridized carbons (Fsp3) is 0.500. The number of allylic oxidation sites excluding steroid dienone is 1. The van der Waals surface area contributed by atoms with Gasteiger partial charge in [0.1, 0.15) is 0 Å². The van der Waals surface area contributed by atoms with E-state index in [1.165, 1.54) is 6.08 Å². The zero-order valence-corrected chi connectivity index (χ0v) is 4.92. The molecule has 0 rings (SSSR count). The summed E-state index contributed by atoms with van der Waals surface area (Å²) in [6.45, 7) is 2.01. The number of carboxylic acid groups (broad SMARTS) is 1. The molecular formula is C6H10O2. The fourth-order valence-electron chi connectivity index (χ4n) is 0.351. The number of carboxylic acids is 1. The first-order valence-corrected chi connectivity index (χ1v) is 2.67. The van der Waals surface area contributed by atoms with Gasteiger partial charge in [-0.15, -0.1) is 0 Å². The Morgan fingerprint density at radius 1 is 1.75 bits per heavy atom. The van der Waals surface area contributed by atoms with E-state index in [1.807, 2.05) is 6.92 Å². The van der Waals surface area contributed by atoms with Crippen LogP contribution in [0.25, 0.3) is 0 Å². The molecule has 0 unspecified atom stereocenters. The molecule has 0 spiro atoms. The van der Waals surface area contributed by atoms with Gasteiger partial charge in [0, 0.05) is 6.08 Å². The predicted octanol–water partition coefficient (Wildman–Crippen LogP) is 1.43. The summed E-state index contributed by atoms with van der Waals surface area (Å²) in [7, 11) is 0. The van der Waals surface area contributed by atoms with Crippen molar-refractivity contribution in [3.8, 4) is 0 Å². The molecule has 8 heavy (non-hydrogen) atoms. The molecule has 0 saturated carbocycles. The molecule has 2 heteroatoms. The Kier molecular flexibility index (Phi) is 3.94. The second-order valence-corrected chi connectivity index (χ2v) is 1.53. The van der Waals surface area contributed by atoms with Crippen molar-refractivity contribution in [2.45, 2.75) is 19.8 Å². The highest BCUT2D eigenvalue weighted by Gasteiger charge is 1.81. The fourth-order valence-corrected chi connectivity index (χ4v) is 0.351. The normalized spacial score (nSPS) is 10.1. The van der Waals surface area contributed by atoms with Crippen LogP contribution < -0.4 is 0 Å². The summed E-state index contributed by atoms with van der Waals surface area (Å²) in [6.07, 6.45) is 4.68. The van der Waals surface area contributed by atoms with Gasteiger partial charge in [-0.25, -0.2) is 4.79 Å². The van der Waals surface area contributed by atoms with Crippen LogP contribution in [0.1, 0.15) is 19.8 Å². The number of carbonyl (C=O) groups is 1. The molecule has 0 aliphatic heterocycles. The van der Waals surface area contributed by atoms with Crippen molar-refractivity contribution in [1.82, 2.24) is 0 Å². The van der Waals surface area contributed by atoms with E-state index in [0.717, 1.165) is 12.8 Å². The van der Waals surface area contributed by atoms with Gasteiger partial charge in [0.25, 0.3) is 0 Å². The van der Waals surface area contributed by atoms with Crippen molar-refractivity contribution in [3.05, 3.63) is 12.2 Å². The van der Waals surface area contributed by atoms with E-state index in [-0.39, 0.29) is 0 Å². The summed E-state index contributed by atoms with van der Waals surface area (Å²) < 4.78 is 0. The molecule has 46 valence electrons. The van der Waals surface area contributed by atoms with Crippen molar-refractivity contribution in [2.24, 2.45) is 0 Å². The minimum atomic E-state index is -0.863. The zero-order chi connectivity index (χ0) is 6.41. The summed E-state index contributed by atoms with van der Waals surface area (Å²) in [6, 6.07) is 0. The largest absolute Gasteiger partial charge is 0.478 e. The Morgan fingerprint density at radius 3 is 2.75 bits per heavy atom. The number of hydrogen-bond acceptors (Lipinski definition) is 1. The highest BCUT2D eigenvalue weighted by atomic mass is 16.4. The summed E-state index contributed by atoms with van der Waals surface area (Å²) in [4.78, 5) is 9.79. The third-order valence-electron chi connectivity index (χ3n) is 0.716. The van der Waals surface area contributed by atoms with Crippen LogP contribution in [0.15, 0.2) is 12.2 Å². The number of rotatable bonds is 3. The molecule has 0 atom stereocenters. The third kappa shape index (κ3) is 5.21. The van der Waals surface area contributed by atoms with Gasteiger partial charge in [0.2, 0.25) is 0 Å². The Morgan fingerprint density at radius 2 is 2.38 bits per heavy atom. The molecular weight excluding hydrogens is 104 g/mol. The Hall–Kier alpha value is -0.790. The van der Waals surface area contributed by atoms with Crippen LogP contribution in [0.4, 0.5) is 0 Å². The third-order valence-corrected chi connectivity index (χ3v) is 0.716.